The minimum atomic E-state index is -0.973. The zero-order chi connectivity index (χ0) is 13.3. The van der Waals surface area contributed by atoms with Gasteiger partial charge in [-0.05, 0) is 18.1 Å². The van der Waals surface area contributed by atoms with Gasteiger partial charge in [0.05, 0.1) is 13.1 Å². The Morgan fingerprint density at radius 2 is 2.33 bits per heavy atom. The average molecular weight is 271 g/mol. The van der Waals surface area contributed by atoms with Crippen LogP contribution in [0.5, 0.6) is 5.75 Å². The Balaban J connectivity index is 2.36. The van der Waals surface area contributed by atoms with E-state index in [1.54, 1.807) is 12.1 Å². The second-order valence-electron chi connectivity index (χ2n) is 4.64. The average Bonchev–Trinajstić information content (AvgIpc) is 2.47. The van der Waals surface area contributed by atoms with E-state index in [1.165, 1.54) is 4.90 Å². The maximum atomic E-state index is 11.2. The summed E-state index contributed by atoms with van der Waals surface area (Å²) in [5.74, 6) is 0.829. The highest BCUT2D eigenvalue weighted by molar-refractivity contribution is 6.29. The van der Waals surface area contributed by atoms with E-state index < -0.39 is 6.09 Å². The van der Waals surface area contributed by atoms with Gasteiger partial charge in [0, 0.05) is 0 Å². The van der Waals surface area contributed by atoms with Gasteiger partial charge in [-0.3, -0.25) is 4.90 Å². The number of halogens is 1. The molecule has 1 aliphatic rings. The first-order chi connectivity index (χ1) is 8.47. The summed E-state index contributed by atoms with van der Waals surface area (Å²) in [4.78, 5) is 16.6. The van der Waals surface area contributed by atoms with E-state index in [0.29, 0.717) is 23.1 Å². The molecule has 1 N–H and O–H groups in total. The van der Waals surface area contributed by atoms with E-state index in [1.807, 2.05) is 13.8 Å². The Morgan fingerprint density at radius 3 is 2.94 bits per heavy atom. The maximum Gasteiger partial charge on any atom is 0.407 e. The van der Waals surface area contributed by atoms with Gasteiger partial charge >= 0.3 is 6.09 Å². The predicted octanol–water partition coefficient (Wildman–Crippen LogP) is 2.63. The number of ether oxygens (including phenoxy) is 1. The van der Waals surface area contributed by atoms with E-state index >= 15 is 0 Å². The van der Waals surface area contributed by atoms with Crippen molar-refractivity contribution in [1.82, 2.24) is 9.88 Å². The first-order valence-corrected chi connectivity index (χ1v) is 6.15. The van der Waals surface area contributed by atoms with E-state index in [-0.39, 0.29) is 18.6 Å². The molecule has 1 aromatic heterocycles. The molecule has 0 fully saturated rings. The number of fused-ring (bicyclic) bond motifs is 1. The Labute approximate surface area is 110 Å². The molecular formula is C12H15ClN2O3. The van der Waals surface area contributed by atoms with Crippen LogP contribution in [0.4, 0.5) is 4.79 Å². The summed E-state index contributed by atoms with van der Waals surface area (Å²) >= 11 is 5.82. The Morgan fingerprint density at radius 1 is 1.61 bits per heavy atom. The minimum absolute atomic E-state index is 0.176. The lowest BCUT2D eigenvalue weighted by Gasteiger charge is -2.24. The first-order valence-electron chi connectivity index (χ1n) is 5.77. The van der Waals surface area contributed by atoms with Gasteiger partial charge < -0.3 is 9.84 Å². The van der Waals surface area contributed by atoms with Crippen LogP contribution in [0.1, 0.15) is 19.5 Å². The minimum Gasteiger partial charge on any atom is -0.486 e. The number of carbonyl (C=O) groups is 1. The van der Waals surface area contributed by atoms with Crippen molar-refractivity contribution in [2.45, 2.75) is 26.5 Å². The number of aromatic nitrogens is 1. The molecule has 0 aromatic carbocycles. The van der Waals surface area contributed by atoms with Crippen molar-refractivity contribution in [3.05, 3.63) is 23.0 Å². The third-order valence-electron chi connectivity index (χ3n) is 2.93. The Hall–Kier alpha value is -1.49. The van der Waals surface area contributed by atoms with E-state index in [9.17, 15) is 4.79 Å². The lowest BCUT2D eigenvalue weighted by Crippen LogP contribution is -2.38. The SMILES string of the molecule is CC(C)[C@H]1CN(C(=O)O)Cc2nc(Cl)ccc2O1. The molecule has 0 radical (unpaired) electrons. The van der Waals surface area contributed by atoms with Crippen LogP contribution in [0.3, 0.4) is 0 Å². The van der Waals surface area contributed by atoms with Crippen molar-refractivity contribution in [2.24, 2.45) is 5.92 Å². The van der Waals surface area contributed by atoms with Crippen molar-refractivity contribution in [1.29, 1.82) is 0 Å². The number of hydrogen-bond acceptors (Lipinski definition) is 3. The topological polar surface area (TPSA) is 62.7 Å². The van der Waals surface area contributed by atoms with Crippen LogP contribution in [-0.4, -0.2) is 33.7 Å². The molecule has 18 heavy (non-hydrogen) atoms. The summed E-state index contributed by atoms with van der Waals surface area (Å²) in [6.45, 7) is 4.54. The molecule has 0 bridgehead atoms. The zero-order valence-corrected chi connectivity index (χ0v) is 11.0. The monoisotopic (exact) mass is 270 g/mol. The lowest BCUT2D eigenvalue weighted by atomic mass is 10.1. The summed E-state index contributed by atoms with van der Waals surface area (Å²) in [6.07, 6.45) is -1.15. The molecule has 1 aliphatic heterocycles. The Kier molecular flexibility index (Phi) is 3.61. The fraction of sp³-hybridized carbons (Fsp3) is 0.500. The summed E-state index contributed by atoms with van der Waals surface area (Å²) in [5, 5.41) is 9.51. The second kappa shape index (κ2) is 5.02. The molecule has 0 unspecified atom stereocenters. The van der Waals surface area contributed by atoms with E-state index in [4.69, 9.17) is 21.4 Å². The normalized spacial score (nSPS) is 19.1. The summed E-state index contributed by atoms with van der Waals surface area (Å²) in [5.41, 5.74) is 0.563. The highest BCUT2D eigenvalue weighted by Crippen LogP contribution is 2.27. The summed E-state index contributed by atoms with van der Waals surface area (Å²) < 4.78 is 5.83. The van der Waals surface area contributed by atoms with Crippen LogP contribution in [0.2, 0.25) is 5.15 Å². The molecule has 1 amide bonds. The highest BCUT2D eigenvalue weighted by atomic mass is 35.5. The van der Waals surface area contributed by atoms with Gasteiger partial charge in [-0.25, -0.2) is 9.78 Å². The van der Waals surface area contributed by atoms with E-state index in [0.717, 1.165) is 0 Å². The standard InChI is InChI=1S/C12H15ClN2O3/c1-7(2)10-6-15(12(16)17)5-8-9(18-10)3-4-11(13)14-8/h3-4,7,10H,5-6H2,1-2H3,(H,16,17)/t10-/m1/s1. The van der Waals surface area contributed by atoms with Crippen molar-refractivity contribution in [2.75, 3.05) is 6.54 Å². The molecular weight excluding hydrogens is 256 g/mol. The molecule has 0 aliphatic carbocycles. The molecule has 0 spiro atoms. The molecule has 0 saturated carbocycles. The number of amides is 1. The Bertz CT molecular complexity index is 465. The van der Waals surface area contributed by atoms with Gasteiger partial charge in [0.25, 0.3) is 0 Å². The number of nitrogens with zero attached hydrogens (tertiary/aromatic N) is 2. The van der Waals surface area contributed by atoms with Crippen molar-refractivity contribution >= 4 is 17.7 Å². The van der Waals surface area contributed by atoms with Crippen molar-refractivity contribution < 1.29 is 14.6 Å². The summed E-state index contributed by atoms with van der Waals surface area (Å²) in [6, 6.07) is 3.39. The van der Waals surface area contributed by atoms with Crippen molar-refractivity contribution in [3.63, 3.8) is 0 Å². The molecule has 5 nitrogen and oxygen atoms in total. The van der Waals surface area contributed by atoms with Gasteiger partial charge in [-0.15, -0.1) is 0 Å². The number of hydrogen-bond donors (Lipinski definition) is 1. The van der Waals surface area contributed by atoms with Crippen LogP contribution in [0.25, 0.3) is 0 Å². The molecule has 1 atom stereocenters. The third kappa shape index (κ3) is 2.67. The third-order valence-corrected chi connectivity index (χ3v) is 3.14. The maximum absolute atomic E-state index is 11.2. The molecule has 2 rings (SSSR count). The number of carboxylic acid groups (broad SMARTS) is 1. The van der Waals surface area contributed by atoms with Gasteiger partial charge in [-0.2, -0.15) is 0 Å². The molecule has 6 heteroatoms. The fourth-order valence-corrected chi connectivity index (χ4v) is 2.00. The zero-order valence-electron chi connectivity index (χ0n) is 10.3. The number of pyridine rings is 1. The van der Waals surface area contributed by atoms with Crippen LogP contribution in [0, 0.1) is 5.92 Å². The smallest absolute Gasteiger partial charge is 0.407 e. The predicted molar refractivity (Wildman–Crippen MR) is 66.9 cm³/mol. The quantitative estimate of drug-likeness (QED) is 0.797. The van der Waals surface area contributed by atoms with Crippen LogP contribution >= 0.6 is 11.6 Å². The fourth-order valence-electron chi connectivity index (χ4n) is 1.84. The van der Waals surface area contributed by atoms with Gasteiger partial charge in [-0.1, -0.05) is 25.4 Å². The lowest BCUT2D eigenvalue weighted by molar-refractivity contribution is 0.0959. The van der Waals surface area contributed by atoms with Gasteiger partial charge in [0.1, 0.15) is 22.7 Å². The highest BCUT2D eigenvalue weighted by Gasteiger charge is 2.28. The van der Waals surface area contributed by atoms with Crippen LogP contribution < -0.4 is 4.74 Å². The largest absolute Gasteiger partial charge is 0.486 e. The van der Waals surface area contributed by atoms with Gasteiger partial charge in [0.2, 0.25) is 0 Å². The molecule has 1 aromatic rings. The second-order valence-corrected chi connectivity index (χ2v) is 5.03. The summed E-state index contributed by atoms with van der Waals surface area (Å²) in [7, 11) is 0. The molecule has 98 valence electrons. The molecule has 0 saturated heterocycles. The number of rotatable bonds is 1. The van der Waals surface area contributed by atoms with Crippen LogP contribution in [-0.2, 0) is 6.54 Å². The first kappa shape index (κ1) is 13.0. The van der Waals surface area contributed by atoms with E-state index in [2.05, 4.69) is 4.98 Å². The van der Waals surface area contributed by atoms with Crippen molar-refractivity contribution in [3.8, 4) is 5.75 Å². The molecule has 2 heterocycles. The van der Waals surface area contributed by atoms with Gasteiger partial charge in [0.15, 0.2) is 0 Å². The van der Waals surface area contributed by atoms with Crippen LogP contribution in [0.15, 0.2) is 12.1 Å².